The van der Waals surface area contributed by atoms with Crippen molar-refractivity contribution in [2.45, 2.75) is 76.5 Å². The summed E-state index contributed by atoms with van der Waals surface area (Å²) in [5.41, 5.74) is 8.52. The number of ether oxygens (including phenoxy) is 2. The number of nitrogen functional groups attached to an aromatic ring is 1. The molecule has 2 aromatic rings. The molecule has 1 aliphatic heterocycles. The predicted molar refractivity (Wildman–Crippen MR) is 162 cm³/mol. The van der Waals surface area contributed by atoms with E-state index >= 15 is 0 Å². The lowest BCUT2D eigenvalue weighted by atomic mass is 9.46. The van der Waals surface area contributed by atoms with E-state index < -0.39 is 41.5 Å². The molecule has 4 N–H and O–H groups in total. The molecule has 9 atom stereocenters. The standard InChI is InChI=1S/C36H41NO6/c1-34-15-14-26(39)17-24(34)12-13-27-28-18-31-36(30(41)20-38,35(28,2)19-29(40)32(27)34)43-33(42-31)23-10-8-21(9-11-23)6-7-22-4-3-5-25(37)16-22/h3-5,8-11,14-17,27-29,31-33,38,40H,6-7,12-13,18-20,37H2,1-2H3/t27-,28-,29-,31+,32+,33+,34-,35-,36+/m0/s1. The first-order valence-electron chi connectivity index (χ1n) is 15.6. The number of nitrogens with two attached hydrogens (primary N) is 1. The molecule has 226 valence electrons. The second-order valence-corrected chi connectivity index (χ2v) is 13.8. The molecule has 0 aromatic heterocycles. The minimum atomic E-state index is -1.34. The number of carbonyl (C=O) groups excluding carboxylic acids is 2. The Morgan fingerprint density at radius 2 is 1.86 bits per heavy atom. The third-order valence-corrected chi connectivity index (χ3v) is 11.7. The van der Waals surface area contributed by atoms with Gasteiger partial charge in [-0.2, -0.15) is 0 Å². The van der Waals surface area contributed by atoms with Crippen molar-refractivity contribution in [3.63, 3.8) is 0 Å². The highest BCUT2D eigenvalue weighted by molar-refractivity contribution is 6.01. The predicted octanol–water partition coefficient (Wildman–Crippen LogP) is 4.66. The van der Waals surface area contributed by atoms with E-state index in [0.29, 0.717) is 12.8 Å². The largest absolute Gasteiger partial charge is 0.399 e. The van der Waals surface area contributed by atoms with Crippen LogP contribution in [0.3, 0.4) is 0 Å². The van der Waals surface area contributed by atoms with Crippen molar-refractivity contribution in [1.29, 1.82) is 0 Å². The first-order chi connectivity index (χ1) is 20.6. The van der Waals surface area contributed by atoms with Crippen molar-refractivity contribution in [2.75, 3.05) is 12.3 Å². The van der Waals surface area contributed by atoms with Gasteiger partial charge in [0.2, 0.25) is 0 Å². The van der Waals surface area contributed by atoms with E-state index in [-0.39, 0.29) is 29.3 Å². The van der Waals surface area contributed by atoms with Crippen LogP contribution in [-0.2, 0) is 31.9 Å². The van der Waals surface area contributed by atoms with Crippen LogP contribution in [0.5, 0.6) is 0 Å². The maximum absolute atomic E-state index is 13.7. The molecule has 0 bridgehead atoms. The average molecular weight is 584 g/mol. The topological polar surface area (TPSA) is 119 Å². The summed E-state index contributed by atoms with van der Waals surface area (Å²) in [5, 5.41) is 22.0. The van der Waals surface area contributed by atoms with Gasteiger partial charge in [-0.15, -0.1) is 0 Å². The minimum Gasteiger partial charge on any atom is -0.399 e. The first kappa shape index (κ1) is 28.7. The van der Waals surface area contributed by atoms with Gasteiger partial charge in [0.1, 0.15) is 6.61 Å². The second-order valence-electron chi connectivity index (χ2n) is 13.8. The van der Waals surface area contributed by atoms with Crippen LogP contribution in [0.2, 0.25) is 0 Å². The molecule has 0 unspecified atom stereocenters. The number of anilines is 1. The van der Waals surface area contributed by atoms with E-state index in [9.17, 15) is 19.8 Å². The Labute approximate surface area is 252 Å². The Kier molecular flexibility index (Phi) is 6.82. The van der Waals surface area contributed by atoms with E-state index in [0.717, 1.165) is 42.5 Å². The zero-order chi connectivity index (χ0) is 30.1. The molecule has 7 nitrogen and oxygen atoms in total. The summed E-state index contributed by atoms with van der Waals surface area (Å²) in [4.78, 5) is 25.9. The Morgan fingerprint density at radius 3 is 2.60 bits per heavy atom. The molecule has 4 aliphatic carbocycles. The van der Waals surface area contributed by atoms with E-state index in [2.05, 4.69) is 32.0 Å². The van der Waals surface area contributed by atoms with Gasteiger partial charge in [0.25, 0.3) is 0 Å². The number of benzene rings is 2. The van der Waals surface area contributed by atoms with Gasteiger partial charge in [0.05, 0.1) is 12.2 Å². The van der Waals surface area contributed by atoms with Gasteiger partial charge < -0.3 is 25.4 Å². The molecule has 3 saturated carbocycles. The van der Waals surface area contributed by atoms with Crippen LogP contribution >= 0.6 is 0 Å². The molecule has 0 radical (unpaired) electrons. The molecule has 1 heterocycles. The summed E-state index contributed by atoms with van der Waals surface area (Å²) in [7, 11) is 0. The van der Waals surface area contributed by atoms with Gasteiger partial charge in [0.15, 0.2) is 23.5 Å². The fraction of sp³-hybridized carbons (Fsp3) is 0.500. The van der Waals surface area contributed by atoms with Crippen LogP contribution in [-0.4, -0.2) is 46.2 Å². The summed E-state index contributed by atoms with van der Waals surface area (Å²) in [6.07, 6.45) is 7.77. The van der Waals surface area contributed by atoms with Gasteiger partial charge in [-0.05, 0) is 85.8 Å². The number of aryl methyl sites for hydroxylation is 2. The van der Waals surface area contributed by atoms with Crippen LogP contribution in [0, 0.1) is 28.6 Å². The lowest BCUT2D eigenvalue weighted by Crippen LogP contribution is -2.63. The van der Waals surface area contributed by atoms with E-state index in [4.69, 9.17) is 15.2 Å². The number of carbonyl (C=O) groups is 2. The second kappa shape index (κ2) is 10.2. The van der Waals surface area contributed by atoms with Gasteiger partial charge >= 0.3 is 0 Å². The minimum absolute atomic E-state index is 0.00575. The highest BCUT2D eigenvalue weighted by Crippen LogP contribution is 2.70. The van der Waals surface area contributed by atoms with Crippen molar-refractivity contribution in [3.8, 4) is 0 Å². The van der Waals surface area contributed by atoms with E-state index in [1.54, 1.807) is 12.2 Å². The molecular formula is C36H41NO6. The summed E-state index contributed by atoms with van der Waals surface area (Å²) in [5.74, 6) is -0.231. The van der Waals surface area contributed by atoms with E-state index in [1.807, 2.05) is 36.4 Å². The van der Waals surface area contributed by atoms with Crippen molar-refractivity contribution in [2.24, 2.45) is 28.6 Å². The lowest BCUT2D eigenvalue weighted by Gasteiger charge is -2.59. The summed E-state index contributed by atoms with van der Waals surface area (Å²) in [6, 6.07) is 16.1. The quantitative estimate of drug-likeness (QED) is 0.424. The molecule has 43 heavy (non-hydrogen) atoms. The number of rotatable bonds is 6. The molecule has 5 aliphatic rings. The fourth-order valence-electron chi connectivity index (χ4n) is 9.71. The zero-order valence-electron chi connectivity index (χ0n) is 24.9. The van der Waals surface area contributed by atoms with Crippen molar-refractivity contribution in [1.82, 2.24) is 0 Å². The molecule has 0 spiro atoms. The van der Waals surface area contributed by atoms with Crippen molar-refractivity contribution in [3.05, 3.63) is 89.0 Å². The fourth-order valence-corrected chi connectivity index (χ4v) is 9.71. The van der Waals surface area contributed by atoms with Gasteiger partial charge in [-0.25, -0.2) is 0 Å². The number of aliphatic hydroxyl groups is 2. The molecule has 0 amide bonds. The number of fused-ring (bicyclic) bond motifs is 7. The highest BCUT2D eigenvalue weighted by Gasteiger charge is 2.75. The van der Waals surface area contributed by atoms with Crippen LogP contribution in [0.15, 0.2) is 72.3 Å². The number of Topliss-reactive ketones (excluding diaryl/α,β-unsaturated/α-hetero) is 1. The monoisotopic (exact) mass is 583 g/mol. The Bertz CT molecular complexity index is 1510. The Hall–Kier alpha value is -3.10. The van der Waals surface area contributed by atoms with Crippen LogP contribution < -0.4 is 5.73 Å². The van der Waals surface area contributed by atoms with Gasteiger partial charge in [0, 0.05) is 28.0 Å². The summed E-state index contributed by atoms with van der Waals surface area (Å²) < 4.78 is 13.3. The average Bonchev–Trinajstić information content (AvgIpc) is 3.49. The molecule has 2 aromatic carbocycles. The smallest absolute Gasteiger partial charge is 0.193 e. The third-order valence-electron chi connectivity index (χ3n) is 11.7. The van der Waals surface area contributed by atoms with Crippen LogP contribution in [0.1, 0.15) is 62.5 Å². The lowest BCUT2D eigenvalue weighted by molar-refractivity contribution is -0.201. The number of allylic oxidation sites excluding steroid dienone is 4. The normalized spacial score (nSPS) is 39.4. The third kappa shape index (κ3) is 4.23. The highest BCUT2D eigenvalue weighted by atomic mass is 16.7. The first-order valence-corrected chi connectivity index (χ1v) is 15.6. The molecule has 1 saturated heterocycles. The number of ketones is 2. The van der Waals surface area contributed by atoms with Gasteiger partial charge in [-0.3, -0.25) is 9.59 Å². The molecule has 7 rings (SSSR count). The van der Waals surface area contributed by atoms with Crippen LogP contribution in [0.25, 0.3) is 0 Å². The number of hydrogen-bond donors (Lipinski definition) is 3. The number of hydrogen-bond acceptors (Lipinski definition) is 7. The molecule has 4 fully saturated rings. The Balaban J connectivity index is 1.14. The maximum Gasteiger partial charge on any atom is 0.193 e. The Morgan fingerprint density at radius 1 is 1.09 bits per heavy atom. The summed E-state index contributed by atoms with van der Waals surface area (Å²) >= 11 is 0. The maximum atomic E-state index is 13.7. The van der Waals surface area contributed by atoms with Gasteiger partial charge in [-0.1, -0.05) is 61.9 Å². The van der Waals surface area contributed by atoms with Crippen LogP contribution in [0.4, 0.5) is 5.69 Å². The van der Waals surface area contributed by atoms with Crippen molar-refractivity contribution >= 4 is 17.3 Å². The molecular weight excluding hydrogens is 542 g/mol. The zero-order valence-corrected chi connectivity index (χ0v) is 24.9. The summed E-state index contributed by atoms with van der Waals surface area (Å²) in [6.45, 7) is 3.55. The van der Waals surface area contributed by atoms with E-state index in [1.165, 1.54) is 11.1 Å². The van der Waals surface area contributed by atoms with Crippen molar-refractivity contribution < 1.29 is 29.3 Å². The number of aliphatic hydroxyl groups excluding tert-OH is 2. The SMILES string of the molecule is C[C@]12C=CC(=O)C=C1CC[C@@H]1[C@@H]2[C@@H](O)C[C@@]2(C)[C@H]1C[C@H]1O[C@@H](c3ccc(CCc4cccc(N)c4)cc3)O[C@]12C(=O)CO. The molecule has 7 heteroatoms.